The molecule has 2 aromatic carbocycles. The quantitative estimate of drug-likeness (QED) is 0.573. The minimum atomic E-state index is -3.52. The van der Waals surface area contributed by atoms with E-state index in [0.717, 1.165) is 0 Å². The maximum absolute atomic E-state index is 12.8. The van der Waals surface area contributed by atoms with Gasteiger partial charge in [0, 0.05) is 24.2 Å². The summed E-state index contributed by atoms with van der Waals surface area (Å²) in [7, 11) is -3.52. The van der Waals surface area contributed by atoms with Gasteiger partial charge in [0.15, 0.2) is 9.84 Å². The monoisotopic (exact) mass is 408 g/mol. The largest absolute Gasteiger partial charge is 0.337 e. The molecule has 1 fully saturated rings. The summed E-state index contributed by atoms with van der Waals surface area (Å²) in [6, 6.07) is 12.4. The van der Waals surface area contributed by atoms with Crippen molar-refractivity contribution in [3.8, 4) is 0 Å². The van der Waals surface area contributed by atoms with Crippen LogP contribution in [0.5, 0.6) is 0 Å². The Bertz CT molecular complexity index is 993. The first kappa shape index (κ1) is 19.3. The average molecular weight is 409 g/mol. The van der Waals surface area contributed by atoms with Crippen LogP contribution in [0, 0.1) is 10.1 Å². The number of nitrogens with zero attached hydrogens (tertiary/aromatic N) is 2. The lowest BCUT2D eigenvalue weighted by Crippen LogP contribution is -2.34. The number of benzene rings is 2. The van der Waals surface area contributed by atoms with Crippen molar-refractivity contribution in [3.63, 3.8) is 0 Å². The zero-order valence-electron chi connectivity index (χ0n) is 14.2. The van der Waals surface area contributed by atoms with Gasteiger partial charge in [-0.15, -0.1) is 0 Å². The second kappa shape index (κ2) is 7.66. The molecule has 1 atom stereocenters. The van der Waals surface area contributed by atoms with Crippen LogP contribution in [0.15, 0.2) is 48.5 Å². The van der Waals surface area contributed by atoms with Crippen molar-refractivity contribution in [2.45, 2.75) is 11.7 Å². The first-order chi connectivity index (χ1) is 12.8. The van der Waals surface area contributed by atoms with E-state index in [1.807, 2.05) is 0 Å². The molecule has 1 aliphatic rings. The van der Waals surface area contributed by atoms with Gasteiger partial charge in [-0.3, -0.25) is 14.9 Å². The number of carbonyl (C=O) groups excluding carboxylic acids is 1. The molecular weight excluding hydrogens is 392 g/mol. The zero-order valence-corrected chi connectivity index (χ0v) is 15.8. The highest BCUT2D eigenvalue weighted by Gasteiger charge is 2.35. The summed E-state index contributed by atoms with van der Waals surface area (Å²) in [5, 5.41) is 10.7. The number of hydrogen-bond acceptors (Lipinski definition) is 5. The van der Waals surface area contributed by atoms with Crippen molar-refractivity contribution in [1.29, 1.82) is 0 Å². The molecule has 1 unspecified atom stereocenters. The Morgan fingerprint density at radius 1 is 1.11 bits per heavy atom. The number of amides is 1. The molecule has 1 saturated heterocycles. The lowest BCUT2D eigenvalue weighted by atomic mass is 10.1. The highest BCUT2D eigenvalue weighted by atomic mass is 35.5. The van der Waals surface area contributed by atoms with Gasteiger partial charge in [-0.2, -0.15) is 0 Å². The fourth-order valence-corrected chi connectivity index (χ4v) is 5.36. The van der Waals surface area contributed by atoms with E-state index < -0.39 is 25.9 Å². The van der Waals surface area contributed by atoms with E-state index in [2.05, 4.69) is 0 Å². The first-order valence-corrected chi connectivity index (χ1v) is 10.4. The molecule has 0 spiro atoms. The van der Waals surface area contributed by atoms with Crippen molar-refractivity contribution < 1.29 is 18.1 Å². The molecule has 27 heavy (non-hydrogen) atoms. The van der Waals surface area contributed by atoms with Gasteiger partial charge >= 0.3 is 0 Å². The molecular formula is C18H17ClN2O5S. The summed E-state index contributed by atoms with van der Waals surface area (Å²) in [6.07, 6.45) is 0.179. The van der Waals surface area contributed by atoms with E-state index in [0.29, 0.717) is 10.6 Å². The number of para-hydroxylation sites is 1. The van der Waals surface area contributed by atoms with Gasteiger partial charge in [0.1, 0.15) is 5.56 Å². The Hall–Kier alpha value is -2.45. The van der Waals surface area contributed by atoms with Crippen molar-refractivity contribution in [3.05, 3.63) is 74.8 Å². The highest BCUT2D eigenvalue weighted by molar-refractivity contribution is 7.91. The number of hydrogen-bond donors (Lipinski definition) is 0. The van der Waals surface area contributed by atoms with Crippen LogP contribution in [-0.2, 0) is 9.84 Å². The van der Waals surface area contributed by atoms with Crippen LogP contribution >= 0.6 is 11.6 Å². The Morgan fingerprint density at radius 3 is 2.48 bits per heavy atom. The number of nitro groups is 1. The summed E-state index contributed by atoms with van der Waals surface area (Å²) in [5.74, 6) is -0.771. The van der Waals surface area contributed by atoms with Crippen LogP contribution in [-0.4, -0.2) is 43.0 Å². The SMILES string of the molecule is O=C(c1ccccc1[N+](=O)[O-])N1CCC(c2ccccc2Cl)S(=O)(=O)CC1. The molecule has 0 saturated carbocycles. The Labute approximate surface area is 161 Å². The van der Waals surface area contributed by atoms with Crippen molar-refractivity contribution >= 4 is 33.0 Å². The molecule has 2 aromatic rings. The first-order valence-electron chi connectivity index (χ1n) is 8.30. The van der Waals surface area contributed by atoms with E-state index in [9.17, 15) is 23.3 Å². The highest BCUT2D eigenvalue weighted by Crippen LogP contribution is 2.34. The third kappa shape index (κ3) is 3.96. The van der Waals surface area contributed by atoms with Crippen LogP contribution in [0.25, 0.3) is 0 Å². The molecule has 0 radical (unpaired) electrons. The molecule has 0 bridgehead atoms. The van der Waals surface area contributed by atoms with Gasteiger partial charge in [0.25, 0.3) is 11.6 Å². The van der Waals surface area contributed by atoms with Gasteiger partial charge in [-0.05, 0) is 24.1 Å². The maximum atomic E-state index is 12.8. The van der Waals surface area contributed by atoms with Crippen LogP contribution < -0.4 is 0 Å². The Morgan fingerprint density at radius 2 is 1.78 bits per heavy atom. The topological polar surface area (TPSA) is 97.6 Å². The van der Waals surface area contributed by atoms with Gasteiger partial charge in [0.05, 0.1) is 15.9 Å². The molecule has 0 aromatic heterocycles. The van der Waals surface area contributed by atoms with Gasteiger partial charge in [-0.25, -0.2) is 8.42 Å². The molecule has 7 nitrogen and oxygen atoms in total. The summed E-state index contributed by atoms with van der Waals surface area (Å²) in [5.41, 5.74) is 0.174. The zero-order chi connectivity index (χ0) is 19.6. The minimum Gasteiger partial charge on any atom is -0.337 e. The fraction of sp³-hybridized carbons (Fsp3) is 0.278. The number of halogens is 1. The molecule has 3 rings (SSSR count). The molecule has 142 valence electrons. The Balaban J connectivity index is 1.89. The predicted molar refractivity (Wildman–Crippen MR) is 102 cm³/mol. The van der Waals surface area contributed by atoms with Crippen molar-refractivity contribution in [1.82, 2.24) is 4.90 Å². The lowest BCUT2D eigenvalue weighted by Gasteiger charge is -2.20. The number of sulfone groups is 1. The Kier molecular flexibility index (Phi) is 5.48. The van der Waals surface area contributed by atoms with E-state index in [1.54, 1.807) is 30.3 Å². The van der Waals surface area contributed by atoms with E-state index in [1.165, 1.54) is 23.1 Å². The maximum Gasteiger partial charge on any atom is 0.282 e. The number of nitro benzene ring substituents is 1. The lowest BCUT2D eigenvalue weighted by molar-refractivity contribution is -0.385. The van der Waals surface area contributed by atoms with Crippen LogP contribution in [0.2, 0.25) is 5.02 Å². The van der Waals surface area contributed by atoms with Crippen molar-refractivity contribution in [2.75, 3.05) is 18.8 Å². The molecule has 0 aliphatic carbocycles. The summed E-state index contributed by atoms with van der Waals surface area (Å²) in [4.78, 5) is 24.7. The second-order valence-electron chi connectivity index (χ2n) is 6.23. The van der Waals surface area contributed by atoms with E-state index in [4.69, 9.17) is 11.6 Å². The number of rotatable bonds is 3. The average Bonchev–Trinajstić information content (AvgIpc) is 2.80. The molecule has 1 heterocycles. The predicted octanol–water partition coefficient (Wildman–Crippen LogP) is 3.25. The van der Waals surface area contributed by atoms with Crippen molar-refractivity contribution in [2.24, 2.45) is 0 Å². The third-order valence-corrected chi connectivity index (χ3v) is 7.06. The van der Waals surface area contributed by atoms with Gasteiger partial charge < -0.3 is 4.90 Å². The van der Waals surface area contributed by atoms with Gasteiger partial charge in [0.2, 0.25) is 0 Å². The minimum absolute atomic E-state index is 0.0197. The van der Waals surface area contributed by atoms with E-state index >= 15 is 0 Å². The standard InChI is InChI=1S/C18H17ClN2O5S/c19-15-7-3-1-5-13(15)17-9-10-20(11-12-27(17,25)26)18(22)14-6-2-4-8-16(14)21(23)24/h1-8,17H,9-12H2. The molecule has 9 heteroatoms. The molecule has 1 aliphatic heterocycles. The summed E-state index contributed by atoms with van der Waals surface area (Å²) >= 11 is 6.17. The summed E-state index contributed by atoms with van der Waals surface area (Å²) in [6.45, 7) is 0.147. The fourth-order valence-electron chi connectivity index (χ4n) is 3.22. The smallest absolute Gasteiger partial charge is 0.282 e. The summed E-state index contributed by atoms with van der Waals surface area (Å²) < 4.78 is 25.5. The molecule has 0 N–H and O–H groups in total. The van der Waals surface area contributed by atoms with Crippen LogP contribution in [0.3, 0.4) is 0 Å². The normalized spacial score (nSPS) is 19.3. The molecule has 1 amide bonds. The van der Waals surface area contributed by atoms with Crippen LogP contribution in [0.1, 0.15) is 27.6 Å². The number of carbonyl (C=O) groups is 1. The third-order valence-electron chi connectivity index (χ3n) is 4.61. The van der Waals surface area contributed by atoms with Crippen LogP contribution in [0.4, 0.5) is 5.69 Å². The van der Waals surface area contributed by atoms with E-state index in [-0.39, 0.29) is 36.5 Å². The second-order valence-corrected chi connectivity index (χ2v) is 8.94. The van der Waals surface area contributed by atoms with Gasteiger partial charge in [-0.1, -0.05) is 41.9 Å².